The number of anilines is 1. The molecule has 35 heavy (non-hydrogen) atoms. The molecule has 2 aromatic heterocycles. The number of carbonyl (C=O) groups excluding carboxylic acids is 2. The fourth-order valence-corrected chi connectivity index (χ4v) is 4.07. The average Bonchev–Trinajstić information content (AvgIpc) is 3.25. The molecule has 2 amide bonds. The molecule has 0 fully saturated rings. The largest absolute Gasteiger partial charge is 0.495 e. The Hall–Kier alpha value is -3.63. The van der Waals surface area contributed by atoms with Crippen LogP contribution in [0.4, 0.5) is 5.69 Å². The van der Waals surface area contributed by atoms with Crippen molar-refractivity contribution in [3.05, 3.63) is 76.6 Å². The minimum absolute atomic E-state index is 0.137. The van der Waals surface area contributed by atoms with E-state index in [0.717, 1.165) is 5.56 Å². The molecule has 0 aliphatic carbocycles. The van der Waals surface area contributed by atoms with Gasteiger partial charge in [0.15, 0.2) is 11.5 Å². The van der Waals surface area contributed by atoms with Crippen molar-refractivity contribution >= 4 is 46.5 Å². The van der Waals surface area contributed by atoms with Gasteiger partial charge in [0.1, 0.15) is 10.8 Å². The van der Waals surface area contributed by atoms with Gasteiger partial charge >= 0.3 is 0 Å². The predicted octanol–water partition coefficient (Wildman–Crippen LogP) is 3.80. The quantitative estimate of drug-likeness (QED) is 0.329. The third kappa shape index (κ3) is 6.28. The maximum Gasteiger partial charge on any atom is 0.251 e. The molecule has 0 aliphatic rings. The molecule has 4 aromatic rings. The van der Waals surface area contributed by atoms with Gasteiger partial charge in [0.2, 0.25) is 5.91 Å². The Morgan fingerprint density at radius 2 is 1.89 bits per heavy atom. The first-order chi connectivity index (χ1) is 16.9. The zero-order chi connectivity index (χ0) is 24.8. The number of aromatic nitrogens is 4. The number of methoxy groups -OCH3 is 1. The lowest BCUT2D eigenvalue weighted by Gasteiger charge is -2.10. The molecule has 0 spiro atoms. The third-order valence-corrected chi connectivity index (χ3v) is 6.19. The molecular weight excluding hydrogens is 488 g/mol. The van der Waals surface area contributed by atoms with Gasteiger partial charge in [-0.2, -0.15) is 9.61 Å². The van der Waals surface area contributed by atoms with Crippen molar-refractivity contribution in [1.29, 1.82) is 0 Å². The number of hydrogen-bond donors (Lipinski definition) is 2. The summed E-state index contributed by atoms with van der Waals surface area (Å²) < 4.78 is 6.88. The Morgan fingerprint density at radius 3 is 2.66 bits per heavy atom. The number of nitrogens with one attached hydrogen (secondary N) is 2. The van der Waals surface area contributed by atoms with Crippen LogP contribution in [0.1, 0.15) is 21.7 Å². The van der Waals surface area contributed by atoms with E-state index in [4.69, 9.17) is 16.3 Å². The van der Waals surface area contributed by atoms with Crippen LogP contribution < -0.4 is 15.4 Å². The van der Waals surface area contributed by atoms with E-state index in [2.05, 4.69) is 25.9 Å². The summed E-state index contributed by atoms with van der Waals surface area (Å²) in [6, 6.07) is 16.0. The fraction of sp³-hybridized carbons (Fsp3) is 0.208. The number of aryl methyl sites for hydroxylation is 1. The SMILES string of the molecule is COc1ccc(Cl)cc1NC(=O)CSc1ccc2nnc(CCNC(=O)c3ccc(C)cc3)n2n1. The smallest absolute Gasteiger partial charge is 0.251 e. The van der Waals surface area contributed by atoms with E-state index in [1.807, 2.05) is 19.1 Å². The van der Waals surface area contributed by atoms with Gasteiger partial charge in [-0.15, -0.1) is 10.2 Å². The second kappa shape index (κ2) is 11.2. The van der Waals surface area contributed by atoms with Crippen molar-refractivity contribution in [1.82, 2.24) is 25.1 Å². The standard InChI is InChI=1S/C24H23ClN6O3S/c1-15-3-5-16(6-4-15)24(33)26-12-11-21-29-28-20-9-10-23(30-31(20)21)35-14-22(32)27-18-13-17(25)7-8-19(18)34-2/h3-10,13H,11-12,14H2,1-2H3,(H,26,33)(H,27,32). The van der Waals surface area contributed by atoms with Crippen LogP contribution in [0.3, 0.4) is 0 Å². The second-order valence-corrected chi connectivity index (χ2v) is 9.04. The number of nitrogens with zero attached hydrogens (tertiary/aromatic N) is 4. The molecule has 2 heterocycles. The van der Waals surface area contributed by atoms with Gasteiger partial charge in [-0.05, 0) is 49.4 Å². The van der Waals surface area contributed by atoms with E-state index < -0.39 is 0 Å². The molecule has 180 valence electrons. The fourth-order valence-electron chi connectivity index (χ4n) is 3.25. The number of ether oxygens (including phenoxy) is 1. The first-order valence-electron chi connectivity index (χ1n) is 10.8. The maximum atomic E-state index is 12.5. The third-order valence-electron chi connectivity index (χ3n) is 5.04. The summed E-state index contributed by atoms with van der Waals surface area (Å²) in [4.78, 5) is 24.8. The Bertz CT molecular complexity index is 1360. The van der Waals surface area contributed by atoms with Gasteiger partial charge in [0, 0.05) is 23.6 Å². The topological polar surface area (TPSA) is 111 Å². The number of rotatable bonds is 9. The number of hydrogen-bond acceptors (Lipinski definition) is 7. The van der Waals surface area contributed by atoms with Crippen molar-refractivity contribution in [3.8, 4) is 5.75 Å². The van der Waals surface area contributed by atoms with Crippen molar-refractivity contribution in [2.75, 3.05) is 24.7 Å². The lowest BCUT2D eigenvalue weighted by atomic mass is 10.1. The molecular formula is C24H23ClN6O3S. The summed E-state index contributed by atoms with van der Waals surface area (Å²) in [5, 5.41) is 19.7. The van der Waals surface area contributed by atoms with E-state index in [9.17, 15) is 9.59 Å². The predicted molar refractivity (Wildman–Crippen MR) is 135 cm³/mol. The van der Waals surface area contributed by atoms with E-state index in [1.165, 1.54) is 18.9 Å². The Balaban J connectivity index is 1.34. The van der Waals surface area contributed by atoms with Gasteiger partial charge < -0.3 is 15.4 Å². The Kier molecular flexibility index (Phi) is 7.84. The van der Waals surface area contributed by atoms with Crippen molar-refractivity contribution in [2.45, 2.75) is 18.4 Å². The lowest BCUT2D eigenvalue weighted by Crippen LogP contribution is -2.26. The van der Waals surface area contributed by atoms with Crippen molar-refractivity contribution in [2.24, 2.45) is 0 Å². The van der Waals surface area contributed by atoms with Gasteiger partial charge in [0.05, 0.1) is 18.6 Å². The molecule has 0 aliphatic heterocycles. The molecule has 2 N–H and O–H groups in total. The van der Waals surface area contributed by atoms with Crippen LogP contribution in [-0.4, -0.2) is 51.0 Å². The number of amides is 2. The highest BCUT2D eigenvalue weighted by Gasteiger charge is 2.12. The van der Waals surface area contributed by atoms with Gasteiger partial charge in [-0.25, -0.2) is 0 Å². The summed E-state index contributed by atoms with van der Waals surface area (Å²) in [7, 11) is 1.53. The summed E-state index contributed by atoms with van der Waals surface area (Å²) in [5.74, 6) is 0.902. The summed E-state index contributed by atoms with van der Waals surface area (Å²) in [6.07, 6.45) is 0.453. The second-order valence-electron chi connectivity index (χ2n) is 7.61. The van der Waals surface area contributed by atoms with E-state index in [0.29, 0.717) is 51.5 Å². The van der Waals surface area contributed by atoms with Gasteiger partial charge in [-0.1, -0.05) is 41.1 Å². The van der Waals surface area contributed by atoms with Crippen LogP contribution in [0.2, 0.25) is 5.02 Å². The molecule has 0 saturated carbocycles. The minimum atomic E-state index is -0.222. The van der Waals surface area contributed by atoms with Crippen LogP contribution >= 0.6 is 23.4 Å². The summed E-state index contributed by atoms with van der Waals surface area (Å²) in [5.41, 5.74) is 2.79. The first kappa shape index (κ1) is 24.5. The van der Waals surface area contributed by atoms with Gasteiger partial charge in [0.25, 0.3) is 5.91 Å². The molecule has 0 saturated heterocycles. The van der Waals surface area contributed by atoms with Crippen LogP contribution in [-0.2, 0) is 11.2 Å². The Labute approximate surface area is 211 Å². The van der Waals surface area contributed by atoms with Crippen molar-refractivity contribution in [3.63, 3.8) is 0 Å². The molecule has 0 radical (unpaired) electrons. The molecule has 0 bridgehead atoms. The number of halogens is 1. The number of thioether (sulfide) groups is 1. The molecule has 4 rings (SSSR count). The molecule has 0 atom stereocenters. The maximum absolute atomic E-state index is 12.5. The van der Waals surface area contributed by atoms with E-state index in [-0.39, 0.29) is 17.6 Å². The highest BCUT2D eigenvalue weighted by Crippen LogP contribution is 2.28. The van der Waals surface area contributed by atoms with Crippen LogP contribution in [0.25, 0.3) is 5.65 Å². The highest BCUT2D eigenvalue weighted by atomic mass is 35.5. The lowest BCUT2D eigenvalue weighted by molar-refractivity contribution is -0.113. The molecule has 2 aromatic carbocycles. The first-order valence-corrected chi connectivity index (χ1v) is 12.1. The van der Waals surface area contributed by atoms with E-state index in [1.54, 1.807) is 47.0 Å². The number of benzene rings is 2. The summed E-state index contributed by atoms with van der Waals surface area (Å²) in [6.45, 7) is 2.36. The average molecular weight is 511 g/mol. The summed E-state index contributed by atoms with van der Waals surface area (Å²) >= 11 is 7.30. The number of carbonyl (C=O) groups is 2. The number of fused-ring (bicyclic) bond motifs is 1. The Morgan fingerprint density at radius 1 is 1.09 bits per heavy atom. The van der Waals surface area contributed by atoms with Crippen LogP contribution in [0.15, 0.2) is 59.6 Å². The molecule has 11 heteroatoms. The van der Waals surface area contributed by atoms with Crippen LogP contribution in [0.5, 0.6) is 5.75 Å². The van der Waals surface area contributed by atoms with Gasteiger partial charge in [-0.3, -0.25) is 9.59 Å². The van der Waals surface area contributed by atoms with E-state index >= 15 is 0 Å². The normalized spacial score (nSPS) is 10.8. The van der Waals surface area contributed by atoms with Crippen LogP contribution in [0, 0.1) is 6.92 Å². The zero-order valence-corrected chi connectivity index (χ0v) is 20.7. The minimum Gasteiger partial charge on any atom is -0.495 e. The highest BCUT2D eigenvalue weighted by molar-refractivity contribution is 7.99. The molecule has 0 unspecified atom stereocenters. The van der Waals surface area contributed by atoms with Crippen molar-refractivity contribution < 1.29 is 14.3 Å². The zero-order valence-electron chi connectivity index (χ0n) is 19.1. The monoisotopic (exact) mass is 510 g/mol. The molecule has 9 nitrogen and oxygen atoms in total.